The number of amides is 1. The van der Waals surface area contributed by atoms with Gasteiger partial charge in [-0.05, 0) is 17.7 Å². The maximum atomic E-state index is 12.5. The molecule has 0 bridgehead atoms. The Balaban J connectivity index is 1.82. The molecular weight excluding hydrogens is 290 g/mol. The van der Waals surface area contributed by atoms with Crippen LogP contribution in [0.4, 0.5) is 0 Å². The summed E-state index contributed by atoms with van der Waals surface area (Å²) in [6.07, 6.45) is 1.53. The molecule has 23 heavy (non-hydrogen) atoms. The Labute approximate surface area is 134 Å². The van der Waals surface area contributed by atoms with Crippen molar-refractivity contribution in [2.75, 3.05) is 7.11 Å². The summed E-state index contributed by atoms with van der Waals surface area (Å²) in [6.45, 7) is 0.468. The number of methoxy groups -OCH3 is 1. The number of hydrogen-bond donors (Lipinski definition) is 2. The van der Waals surface area contributed by atoms with Crippen molar-refractivity contribution in [3.05, 3.63) is 71.9 Å². The van der Waals surface area contributed by atoms with Crippen molar-refractivity contribution in [1.29, 1.82) is 0 Å². The van der Waals surface area contributed by atoms with E-state index in [1.807, 2.05) is 54.6 Å². The normalized spacial score (nSPS) is 10.3. The van der Waals surface area contributed by atoms with Gasteiger partial charge in [0.05, 0.1) is 24.6 Å². The third-order valence-corrected chi connectivity index (χ3v) is 3.56. The van der Waals surface area contributed by atoms with Gasteiger partial charge in [0.2, 0.25) is 0 Å². The molecule has 0 saturated heterocycles. The van der Waals surface area contributed by atoms with Crippen molar-refractivity contribution in [1.82, 2.24) is 15.5 Å². The third kappa shape index (κ3) is 3.23. The minimum Gasteiger partial charge on any atom is -0.496 e. The quantitative estimate of drug-likeness (QED) is 0.761. The van der Waals surface area contributed by atoms with Gasteiger partial charge in [0.25, 0.3) is 5.91 Å². The molecule has 0 aliphatic carbocycles. The fourth-order valence-electron chi connectivity index (χ4n) is 2.39. The Bertz CT molecular complexity index is 797. The SMILES string of the molecule is COc1ccccc1-c1[nH]ncc1C(=O)NCc1ccccc1. The lowest BCUT2D eigenvalue weighted by Crippen LogP contribution is -2.22. The van der Waals surface area contributed by atoms with Crippen molar-refractivity contribution in [3.63, 3.8) is 0 Å². The highest BCUT2D eigenvalue weighted by Crippen LogP contribution is 2.30. The Morgan fingerprint density at radius 2 is 1.87 bits per heavy atom. The number of benzene rings is 2. The minimum atomic E-state index is -0.177. The van der Waals surface area contributed by atoms with E-state index in [0.717, 1.165) is 11.1 Å². The van der Waals surface area contributed by atoms with Gasteiger partial charge in [0, 0.05) is 12.1 Å². The Kier molecular flexibility index (Phi) is 4.38. The molecule has 3 aromatic rings. The summed E-state index contributed by atoms with van der Waals surface area (Å²) in [5, 5.41) is 9.80. The summed E-state index contributed by atoms with van der Waals surface area (Å²) < 4.78 is 5.35. The van der Waals surface area contributed by atoms with Gasteiger partial charge < -0.3 is 10.1 Å². The number of rotatable bonds is 5. The van der Waals surface area contributed by atoms with Crippen LogP contribution in [-0.4, -0.2) is 23.2 Å². The van der Waals surface area contributed by atoms with Crippen LogP contribution in [-0.2, 0) is 6.54 Å². The van der Waals surface area contributed by atoms with Crippen LogP contribution < -0.4 is 10.1 Å². The molecule has 1 heterocycles. The van der Waals surface area contributed by atoms with Crippen LogP contribution in [0.15, 0.2) is 60.8 Å². The number of nitrogens with zero attached hydrogens (tertiary/aromatic N) is 1. The van der Waals surface area contributed by atoms with E-state index in [9.17, 15) is 4.79 Å². The third-order valence-electron chi connectivity index (χ3n) is 3.56. The first-order valence-electron chi connectivity index (χ1n) is 7.28. The van der Waals surface area contributed by atoms with Crippen molar-refractivity contribution in [3.8, 4) is 17.0 Å². The number of carbonyl (C=O) groups is 1. The van der Waals surface area contributed by atoms with E-state index < -0.39 is 0 Å². The van der Waals surface area contributed by atoms with Gasteiger partial charge >= 0.3 is 0 Å². The van der Waals surface area contributed by atoms with E-state index in [-0.39, 0.29) is 5.91 Å². The van der Waals surface area contributed by atoms with Gasteiger partial charge in [0.15, 0.2) is 0 Å². The summed E-state index contributed by atoms with van der Waals surface area (Å²) >= 11 is 0. The maximum absolute atomic E-state index is 12.5. The Morgan fingerprint density at radius 1 is 1.13 bits per heavy atom. The number of nitrogens with one attached hydrogen (secondary N) is 2. The molecule has 0 aliphatic rings. The first-order chi connectivity index (χ1) is 11.3. The summed E-state index contributed by atoms with van der Waals surface area (Å²) in [5.41, 5.74) is 2.99. The Morgan fingerprint density at radius 3 is 2.65 bits per heavy atom. The maximum Gasteiger partial charge on any atom is 0.255 e. The van der Waals surface area contributed by atoms with E-state index >= 15 is 0 Å². The van der Waals surface area contributed by atoms with Crippen LogP contribution in [0.3, 0.4) is 0 Å². The molecule has 0 unspecified atom stereocenters. The number of carbonyl (C=O) groups excluding carboxylic acids is 1. The van der Waals surface area contributed by atoms with Crippen molar-refractivity contribution < 1.29 is 9.53 Å². The molecule has 0 fully saturated rings. The van der Waals surface area contributed by atoms with E-state index in [2.05, 4.69) is 15.5 Å². The topological polar surface area (TPSA) is 67.0 Å². The molecule has 2 N–H and O–H groups in total. The zero-order valence-corrected chi connectivity index (χ0v) is 12.7. The van der Waals surface area contributed by atoms with Crippen LogP contribution >= 0.6 is 0 Å². The molecule has 0 atom stereocenters. The summed E-state index contributed by atoms with van der Waals surface area (Å²) in [4.78, 5) is 12.5. The predicted octanol–water partition coefficient (Wildman–Crippen LogP) is 3.02. The van der Waals surface area contributed by atoms with Gasteiger partial charge in [-0.3, -0.25) is 9.89 Å². The predicted molar refractivity (Wildman–Crippen MR) is 88.2 cm³/mol. The minimum absolute atomic E-state index is 0.177. The average Bonchev–Trinajstić information content (AvgIpc) is 3.10. The smallest absolute Gasteiger partial charge is 0.255 e. The molecule has 1 amide bonds. The fraction of sp³-hybridized carbons (Fsp3) is 0.111. The first kappa shape index (κ1) is 14.8. The summed E-state index contributed by atoms with van der Waals surface area (Å²) in [6, 6.07) is 17.3. The van der Waals surface area contributed by atoms with Gasteiger partial charge in [-0.15, -0.1) is 0 Å². The van der Waals surface area contributed by atoms with Crippen molar-refractivity contribution >= 4 is 5.91 Å². The van der Waals surface area contributed by atoms with Crippen molar-refractivity contribution in [2.45, 2.75) is 6.54 Å². The highest BCUT2D eigenvalue weighted by Gasteiger charge is 2.17. The largest absolute Gasteiger partial charge is 0.496 e. The lowest BCUT2D eigenvalue weighted by Gasteiger charge is -2.09. The van der Waals surface area contributed by atoms with Gasteiger partial charge in [-0.2, -0.15) is 5.10 Å². The van der Waals surface area contributed by atoms with Crippen LogP contribution in [0.1, 0.15) is 15.9 Å². The number of H-pyrrole nitrogens is 1. The number of ether oxygens (including phenoxy) is 1. The van der Waals surface area contributed by atoms with Gasteiger partial charge in [-0.1, -0.05) is 42.5 Å². The lowest BCUT2D eigenvalue weighted by molar-refractivity contribution is 0.0951. The lowest BCUT2D eigenvalue weighted by atomic mass is 10.1. The van der Waals surface area contributed by atoms with Crippen molar-refractivity contribution in [2.24, 2.45) is 0 Å². The molecule has 1 aromatic heterocycles. The second kappa shape index (κ2) is 6.79. The molecule has 0 spiro atoms. The standard InChI is InChI=1S/C18H17N3O2/c1-23-16-10-6-5-9-14(16)17-15(12-20-21-17)18(22)19-11-13-7-3-2-4-8-13/h2-10,12H,11H2,1H3,(H,19,22)(H,20,21). The summed E-state index contributed by atoms with van der Waals surface area (Å²) in [5.74, 6) is 0.511. The zero-order valence-electron chi connectivity index (χ0n) is 12.7. The van der Waals surface area contributed by atoms with Gasteiger partial charge in [-0.25, -0.2) is 0 Å². The van der Waals surface area contributed by atoms with Crippen LogP contribution in [0.2, 0.25) is 0 Å². The van der Waals surface area contributed by atoms with E-state index in [1.54, 1.807) is 7.11 Å². The molecule has 0 aliphatic heterocycles. The second-order valence-corrected chi connectivity index (χ2v) is 5.03. The van der Waals surface area contributed by atoms with Crippen LogP contribution in [0, 0.1) is 0 Å². The Hall–Kier alpha value is -3.08. The monoisotopic (exact) mass is 307 g/mol. The molecule has 0 saturated carbocycles. The molecule has 5 nitrogen and oxygen atoms in total. The molecule has 5 heteroatoms. The summed E-state index contributed by atoms with van der Waals surface area (Å²) in [7, 11) is 1.60. The second-order valence-electron chi connectivity index (χ2n) is 5.03. The molecule has 116 valence electrons. The fourth-order valence-corrected chi connectivity index (χ4v) is 2.39. The van der Waals surface area contributed by atoms with Crippen LogP contribution in [0.5, 0.6) is 5.75 Å². The van der Waals surface area contributed by atoms with E-state index in [0.29, 0.717) is 23.6 Å². The molecule has 2 aromatic carbocycles. The van der Waals surface area contributed by atoms with E-state index in [4.69, 9.17) is 4.74 Å². The van der Waals surface area contributed by atoms with E-state index in [1.165, 1.54) is 6.20 Å². The zero-order chi connectivity index (χ0) is 16.1. The number of hydrogen-bond acceptors (Lipinski definition) is 3. The molecule has 3 rings (SSSR count). The average molecular weight is 307 g/mol. The number of aromatic nitrogens is 2. The molecular formula is C18H17N3O2. The highest BCUT2D eigenvalue weighted by atomic mass is 16.5. The number of para-hydroxylation sites is 1. The van der Waals surface area contributed by atoms with Gasteiger partial charge in [0.1, 0.15) is 5.75 Å². The number of aromatic amines is 1. The highest BCUT2D eigenvalue weighted by molar-refractivity contribution is 6.00. The van der Waals surface area contributed by atoms with Crippen LogP contribution in [0.25, 0.3) is 11.3 Å². The molecule has 0 radical (unpaired) electrons. The first-order valence-corrected chi connectivity index (χ1v) is 7.28.